The van der Waals surface area contributed by atoms with Crippen LogP contribution in [0.15, 0.2) is 18.2 Å². The highest BCUT2D eigenvalue weighted by molar-refractivity contribution is 6.36. The van der Waals surface area contributed by atoms with Gasteiger partial charge in [0.2, 0.25) is 0 Å². The van der Waals surface area contributed by atoms with Gasteiger partial charge in [-0.1, -0.05) is 50.1 Å². The van der Waals surface area contributed by atoms with E-state index in [2.05, 4.69) is 39.0 Å². The summed E-state index contributed by atoms with van der Waals surface area (Å²) in [4.78, 5) is 4.79. The molecule has 0 fully saturated rings. The molecule has 0 aliphatic heterocycles. The van der Waals surface area contributed by atoms with Crippen molar-refractivity contribution in [1.29, 1.82) is 0 Å². The maximum Gasteiger partial charge on any atom is 0.0752 e. The highest BCUT2D eigenvalue weighted by Gasteiger charge is 2.11. The number of hydrogen-bond acceptors (Lipinski definition) is 1. The number of fused-ring (bicyclic) bond motifs is 1. The van der Waals surface area contributed by atoms with Gasteiger partial charge in [-0.2, -0.15) is 0 Å². The largest absolute Gasteiger partial charge is 0.252 e. The topological polar surface area (TPSA) is 12.9 Å². The average Bonchev–Trinajstić information content (AvgIpc) is 2.34. The molecule has 0 N–H and O–H groups in total. The van der Waals surface area contributed by atoms with Crippen LogP contribution in [0.2, 0.25) is 5.02 Å². The molecule has 2 heteroatoms. The van der Waals surface area contributed by atoms with Crippen LogP contribution in [-0.4, -0.2) is 4.98 Å². The Morgan fingerprint density at radius 1 is 1.24 bits per heavy atom. The molecule has 0 atom stereocenters. The number of halogens is 1. The van der Waals surface area contributed by atoms with Gasteiger partial charge in [0.15, 0.2) is 0 Å². The van der Waals surface area contributed by atoms with Crippen LogP contribution >= 0.6 is 11.6 Å². The number of nitrogens with zero attached hydrogens (tertiary/aromatic N) is 1. The van der Waals surface area contributed by atoms with E-state index in [4.69, 9.17) is 16.6 Å². The molecule has 0 saturated carbocycles. The van der Waals surface area contributed by atoms with Gasteiger partial charge in [-0.25, -0.2) is 0 Å². The predicted octanol–water partition coefficient (Wildman–Crippen LogP) is 4.71. The summed E-state index contributed by atoms with van der Waals surface area (Å²) < 4.78 is 0. The Bertz CT molecular complexity index is 546. The molecule has 90 valence electrons. The average molecular weight is 248 g/mol. The van der Waals surface area contributed by atoms with E-state index in [-0.39, 0.29) is 0 Å². The zero-order valence-electron chi connectivity index (χ0n) is 10.7. The molecule has 1 aromatic heterocycles. The SMILES string of the molecule is CCCc1cccc2c(Cl)c(C)c(CC)nc12. The van der Waals surface area contributed by atoms with Crippen LogP contribution < -0.4 is 0 Å². The molecule has 1 heterocycles. The lowest BCUT2D eigenvalue weighted by Gasteiger charge is -2.11. The molecule has 0 bridgehead atoms. The van der Waals surface area contributed by atoms with Gasteiger partial charge >= 0.3 is 0 Å². The maximum atomic E-state index is 6.44. The fourth-order valence-corrected chi connectivity index (χ4v) is 2.52. The highest BCUT2D eigenvalue weighted by atomic mass is 35.5. The molecule has 0 radical (unpaired) electrons. The van der Waals surface area contributed by atoms with Gasteiger partial charge in [0.1, 0.15) is 0 Å². The second-order valence-electron chi connectivity index (χ2n) is 4.41. The molecular weight excluding hydrogens is 230 g/mol. The lowest BCUT2D eigenvalue weighted by molar-refractivity contribution is 0.922. The van der Waals surface area contributed by atoms with Crippen molar-refractivity contribution < 1.29 is 0 Å². The third-order valence-corrected chi connectivity index (χ3v) is 3.71. The number of rotatable bonds is 3. The monoisotopic (exact) mass is 247 g/mol. The molecule has 0 unspecified atom stereocenters. The first-order chi connectivity index (χ1) is 8.19. The molecule has 0 saturated heterocycles. The van der Waals surface area contributed by atoms with E-state index in [1.54, 1.807) is 0 Å². The summed E-state index contributed by atoms with van der Waals surface area (Å²) in [6, 6.07) is 6.30. The smallest absolute Gasteiger partial charge is 0.0752 e. The Hall–Kier alpha value is -1.08. The van der Waals surface area contributed by atoms with Gasteiger partial charge < -0.3 is 0 Å². The first kappa shape index (κ1) is 12.4. The van der Waals surface area contributed by atoms with Gasteiger partial charge in [0, 0.05) is 11.1 Å². The van der Waals surface area contributed by atoms with Crippen LogP contribution in [0, 0.1) is 6.92 Å². The molecule has 0 aliphatic carbocycles. The van der Waals surface area contributed by atoms with Gasteiger partial charge in [0.05, 0.1) is 10.5 Å². The van der Waals surface area contributed by atoms with Gasteiger partial charge in [0.25, 0.3) is 0 Å². The van der Waals surface area contributed by atoms with Crippen molar-refractivity contribution in [2.75, 3.05) is 0 Å². The van der Waals surface area contributed by atoms with Crippen molar-refractivity contribution in [2.24, 2.45) is 0 Å². The minimum Gasteiger partial charge on any atom is -0.252 e. The predicted molar refractivity (Wildman–Crippen MR) is 74.9 cm³/mol. The zero-order chi connectivity index (χ0) is 12.4. The number of hydrogen-bond donors (Lipinski definition) is 0. The highest BCUT2D eigenvalue weighted by Crippen LogP contribution is 2.30. The summed E-state index contributed by atoms with van der Waals surface area (Å²) in [5, 5.41) is 1.96. The van der Waals surface area contributed by atoms with Crippen molar-refractivity contribution in [2.45, 2.75) is 40.0 Å². The second-order valence-corrected chi connectivity index (χ2v) is 4.79. The summed E-state index contributed by atoms with van der Waals surface area (Å²) in [6.45, 7) is 6.37. The quantitative estimate of drug-likeness (QED) is 0.765. The third kappa shape index (κ3) is 2.16. The number of benzene rings is 1. The van der Waals surface area contributed by atoms with Crippen LogP contribution in [0.4, 0.5) is 0 Å². The molecule has 0 spiro atoms. The van der Waals surface area contributed by atoms with Gasteiger partial charge in [-0.3, -0.25) is 4.98 Å². The Kier molecular flexibility index (Phi) is 3.68. The van der Waals surface area contributed by atoms with E-state index in [0.717, 1.165) is 46.4 Å². The number of pyridine rings is 1. The molecule has 1 nitrogen and oxygen atoms in total. The van der Waals surface area contributed by atoms with Crippen LogP contribution in [0.25, 0.3) is 10.9 Å². The Morgan fingerprint density at radius 2 is 2.00 bits per heavy atom. The van der Waals surface area contributed by atoms with E-state index < -0.39 is 0 Å². The standard InChI is InChI=1S/C15H18ClN/c1-4-7-11-8-6-9-12-14(16)10(3)13(5-2)17-15(11)12/h6,8-9H,4-5,7H2,1-3H3. The van der Waals surface area contributed by atoms with E-state index in [1.165, 1.54) is 5.56 Å². The van der Waals surface area contributed by atoms with Crippen molar-refractivity contribution in [3.63, 3.8) is 0 Å². The van der Waals surface area contributed by atoms with Gasteiger partial charge in [-0.15, -0.1) is 0 Å². The molecule has 2 aromatic rings. The molecule has 17 heavy (non-hydrogen) atoms. The first-order valence-electron chi connectivity index (χ1n) is 6.25. The maximum absolute atomic E-state index is 6.44. The van der Waals surface area contributed by atoms with Crippen molar-refractivity contribution >= 4 is 22.5 Å². The lowest BCUT2D eigenvalue weighted by atomic mass is 10.0. The summed E-state index contributed by atoms with van der Waals surface area (Å²) in [5.41, 5.74) is 4.63. The van der Waals surface area contributed by atoms with E-state index in [1.807, 2.05) is 0 Å². The molecule has 1 aromatic carbocycles. The van der Waals surface area contributed by atoms with Crippen LogP contribution in [0.3, 0.4) is 0 Å². The summed E-state index contributed by atoms with van der Waals surface area (Å²) >= 11 is 6.44. The Balaban J connectivity index is 2.77. The number of aromatic nitrogens is 1. The summed E-state index contributed by atoms with van der Waals surface area (Å²) in [7, 11) is 0. The van der Waals surface area contributed by atoms with Gasteiger partial charge in [-0.05, 0) is 30.9 Å². The van der Waals surface area contributed by atoms with Crippen molar-refractivity contribution in [3.05, 3.63) is 40.0 Å². The molecule has 2 rings (SSSR count). The first-order valence-corrected chi connectivity index (χ1v) is 6.63. The number of para-hydroxylation sites is 1. The molecule has 0 amide bonds. The van der Waals surface area contributed by atoms with E-state index >= 15 is 0 Å². The minimum atomic E-state index is 0.866. The third-order valence-electron chi connectivity index (χ3n) is 3.22. The second kappa shape index (κ2) is 5.05. The van der Waals surface area contributed by atoms with E-state index in [9.17, 15) is 0 Å². The molecule has 0 aliphatic rings. The normalized spacial score (nSPS) is 11.1. The fraction of sp³-hybridized carbons (Fsp3) is 0.400. The van der Waals surface area contributed by atoms with Crippen LogP contribution in [0.5, 0.6) is 0 Å². The summed E-state index contributed by atoms with van der Waals surface area (Å²) in [5.74, 6) is 0. The summed E-state index contributed by atoms with van der Waals surface area (Å²) in [6.07, 6.45) is 3.13. The van der Waals surface area contributed by atoms with Crippen LogP contribution in [0.1, 0.15) is 37.1 Å². The Labute approximate surface area is 108 Å². The Morgan fingerprint density at radius 3 is 2.65 bits per heavy atom. The lowest BCUT2D eigenvalue weighted by Crippen LogP contribution is -1.97. The fourth-order valence-electron chi connectivity index (χ4n) is 2.26. The van der Waals surface area contributed by atoms with Crippen molar-refractivity contribution in [1.82, 2.24) is 4.98 Å². The number of aryl methyl sites for hydroxylation is 2. The van der Waals surface area contributed by atoms with Crippen LogP contribution in [-0.2, 0) is 12.8 Å². The zero-order valence-corrected chi connectivity index (χ0v) is 11.4. The minimum absolute atomic E-state index is 0.866. The van der Waals surface area contributed by atoms with Crippen molar-refractivity contribution in [3.8, 4) is 0 Å². The van der Waals surface area contributed by atoms with E-state index in [0.29, 0.717) is 0 Å². The molecular formula is C15H18ClN.